The molecule has 112 valence electrons. The zero-order valence-corrected chi connectivity index (χ0v) is 11.8. The van der Waals surface area contributed by atoms with Gasteiger partial charge in [-0.3, -0.25) is 0 Å². The molecule has 0 heterocycles. The van der Waals surface area contributed by atoms with Crippen LogP contribution in [0.15, 0.2) is 17.3 Å². The standard InChI is InChI=1S/C14H15NO6/c1-19-11-5-9(13(17)20-2)10(15-18)6-12(11)21-8-14(7-16)3-4-14/h5-7H,3-4,8H2,1-2H3. The molecule has 1 aromatic carbocycles. The van der Waals surface area contributed by atoms with Crippen molar-refractivity contribution in [2.75, 3.05) is 20.8 Å². The molecule has 0 radical (unpaired) electrons. The summed E-state index contributed by atoms with van der Waals surface area (Å²) in [6.45, 7) is 0.197. The lowest BCUT2D eigenvalue weighted by molar-refractivity contribution is -0.113. The van der Waals surface area contributed by atoms with Crippen molar-refractivity contribution in [1.82, 2.24) is 0 Å². The van der Waals surface area contributed by atoms with Crippen LogP contribution in [0.5, 0.6) is 11.5 Å². The molecule has 1 aromatic rings. The number of benzene rings is 1. The van der Waals surface area contributed by atoms with Crippen LogP contribution in [-0.2, 0) is 9.53 Å². The molecule has 0 saturated heterocycles. The van der Waals surface area contributed by atoms with Gasteiger partial charge in [-0.15, -0.1) is 4.91 Å². The van der Waals surface area contributed by atoms with Crippen molar-refractivity contribution in [2.45, 2.75) is 12.8 Å². The average molecular weight is 293 g/mol. The summed E-state index contributed by atoms with van der Waals surface area (Å²) in [5.41, 5.74) is -0.553. The van der Waals surface area contributed by atoms with Gasteiger partial charge in [0.1, 0.15) is 18.6 Å². The largest absolute Gasteiger partial charge is 0.493 e. The maximum atomic E-state index is 11.6. The fourth-order valence-corrected chi connectivity index (χ4v) is 1.85. The lowest BCUT2D eigenvalue weighted by atomic mass is 10.1. The Bertz CT molecular complexity index is 579. The molecule has 0 N–H and O–H groups in total. The van der Waals surface area contributed by atoms with Gasteiger partial charge >= 0.3 is 5.97 Å². The maximum absolute atomic E-state index is 11.6. The highest BCUT2D eigenvalue weighted by atomic mass is 16.5. The van der Waals surface area contributed by atoms with Crippen LogP contribution in [0.3, 0.4) is 0 Å². The second kappa shape index (κ2) is 5.90. The maximum Gasteiger partial charge on any atom is 0.340 e. The highest BCUT2D eigenvalue weighted by Crippen LogP contribution is 2.45. The zero-order valence-electron chi connectivity index (χ0n) is 11.8. The van der Waals surface area contributed by atoms with Crippen molar-refractivity contribution in [1.29, 1.82) is 0 Å². The van der Waals surface area contributed by atoms with Gasteiger partial charge in [0.25, 0.3) is 0 Å². The van der Waals surface area contributed by atoms with Crippen molar-refractivity contribution < 1.29 is 23.8 Å². The molecule has 1 aliphatic carbocycles. The third kappa shape index (κ3) is 3.01. The van der Waals surface area contributed by atoms with Gasteiger partial charge in [0.15, 0.2) is 11.5 Å². The number of carbonyl (C=O) groups excluding carboxylic acids is 2. The molecule has 1 saturated carbocycles. The number of carbonyl (C=O) groups is 2. The van der Waals surface area contributed by atoms with Crippen molar-refractivity contribution in [3.63, 3.8) is 0 Å². The number of methoxy groups -OCH3 is 2. The highest BCUT2D eigenvalue weighted by Gasteiger charge is 2.43. The van der Waals surface area contributed by atoms with E-state index < -0.39 is 11.4 Å². The summed E-state index contributed by atoms with van der Waals surface area (Å²) >= 11 is 0. The quantitative estimate of drug-likeness (QED) is 0.435. The van der Waals surface area contributed by atoms with E-state index in [2.05, 4.69) is 9.91 Å². The van der Waals surface area contributed by atoms with Crippen LogP contribution in [-0.4, -0.2) is 33.1 Å². The van der Waals surface area contributed by atoms with Gasteiger partial charge in [-0.2, -0.15) is 0 Å². The van der Waals surface area contributed by atoms with E-state index in [1.807, 2.05) is 0 Å². The minimum Gasteiger partial charge on any atom is -0.493 e. The van der Waals surface area contributed by atoms with Crippen LogP contribution < -0.4 is 9.47 Å². The molecular weight excluding hydrogens is 278 g/mol. The summed E-state index contributed by atoms with van der Waals surface area (Å²) in [7, 11) is 2.61. The molecule has 7 nitrogen and oxygen atoms in total. The van der Waals surface area contributed by atoms with Crippen molar-refractivity contribution in [3.05, 3.63) is 22.6 Å². The van der Waals surface area contributed by atoms with Gasteiger partial charge in [-0.1, -0.05) is 0 Å². The van der Waals surface area contributed by atoms with Crippen molar-refractivity contribution in [2.24, 2.45) is 10.6 Å². The molecule has 0 amide bonds. The van der Waals surface area contributed by atoms with Crippen LogP contribution in [0.2, 0.25) is 0 Å². The zero-order chi connectivity index (χ0) is 15.5. The number of nitroso groups, excluding NO2 is 1. The summed E-state index contributed by atoms with van der Waals surface area (Å²) in [6.07, 6.45) is 2.43. The van der Waals surface area contributed by atoms with E-state index in [0.717, 1.165) is 19.1 Å². The number of hydrogen-bond donors (Lipinski definition) is 0. The van der Waals surface area contributed by atoms with E-state index in [1.165, 1.54) is 26.4 Å². The Labute approximate surface area is 121 Å². The molecule has 0 unspecified atom stereocenters. The smallest absolute Gasteiger partial charge is 0.340 e. The minimum atomic E-state index is -0.694. The summed E-state index contributed by atoms with van der Waals surface area (Å²) in [5, 5.41) is 2.80. The first kappa shape index (κ1) is 15.0. The summed E-state index contributed by atoms with van der Waals surface area (Å²) in [4.78, 5) is 33.4. The van der Waals surface area contributed by atoms with Crippen LogP contribution >= 0.6 is 0 Å². The summed E-state index contributed by atoms with van der Waals surface area (Å²) in [5.74, 6) is -0.168. The van der Waals surface area contributed by atoms with E-state index in [9.17, 15) is 14.5 Å². The SMILES string of the molecule is COC(=O)c1cc(OC)c(OCC2(C=O)CC2)cc1N=O. The number of aldehydes is 1. The van der Waals surface area contributed by atoms with Gasteiger partial charge in [0.05, 0.1) is 25.2 Å². The molecule has 0 atom stereocenters. The number of nitrogens with zero attached hydrogens (tertiary/aromatic N) is 1. The Morgan fingerprint density at radius 3 is 2.52 bits per heavy atom. The second-order valence-corrected chi connectivity index (χ2v) is 4.87. The van der Waals surface area contributed by atoms with Crippen molar-refractivity contribution in [3.8, 4) is 11.5 Å². The average Bonchev–Trinajstić information content (AvgIpc) is 3.31. The number of hydrogen-bond acceptors (Lipinski definition) is 7. The van der Waals surface area contributed by atoms with Gasteiger partial charge in [0, 0.05) is 12.1 Å². The predicted octanol–water partition coefficient (Wildman–Crippen LogP) is 2.24. The van der Waals surface area contributed by atoms with E-state index in [-0.39, 0.29) is 29.4 Å². The van der Waals surface area contributed by atoms with Crippen LogP contribution in [0.4, 0.5) is 5.69 Å². The molecule has 7 heteroatoms. The summed E-state index contributed by atoms with van der Waals surface area (Å²) in [6, 6.07) is 2.64. The lowest BCUT2D eigenvalue weighted by Crippen LogP contribution is -2.14. The molecule has 0 aliphatic heterocycles. The molecule has 0 aromatic heterocycles. The number of esters is 1. The fraction of sp³-hybridized carbons (Fsp3) is 0.429. The third-order valence-corrected chi connectivity index (χ3v) is 3.44. The Hall–Kier alpha value is -2.44. The Morgan fingerprint density at radius 2 is 2.05 bits per heavy atom. The first-order chi connectivity index (χ1) is 10.1. The predicted molar refractivity (Wildman–Crippen MR) is 73.0 cm³/mol. The van der Waals surface area contributed by atoms with Gasteiger partial charge in [-0.05, 0) is 18.0 Å². The molecule has 0 spiro atoms. The highest BCUT2D eigenvalue weighted by molar-refractivity contribution is 5.95. The second-order valence-electron chi connectivity index (χ2n) is 4.87. The number of ether oxygens (including phenoxy) is 3. The molecule has 1 aliphatic rings. The number of rotatable bonds is 7. The molecule has 0 bridgehead atoms. The first-order valence-electron chi connectivity index (χ1n) is 6.32. The molecule has 2 rings (SSSR count). The molecule has 21 heavy (non-hydrogen) atoms. The van der Waals surface area contributed by atoms with E-state index in [0.29, 0.717) is 0 Å². The van der Waals surface area contributed by atoms with Crippen LogP contribution in [0.25, 0.3) is 0 Å². The van der Waals surface area contributed by atoms with Crippen molar-refractivity contribution >= 4 is 17.9 Å². The van der Waals surface area contributed by atoms with Gasteiger partial charge in [-0.25, -0.2) is 4.79 Å². The lowest BCUT2D eigenvalue weighted by Gasteiger charge is -2.14. The van der Waals surface area contributed by atoms with E-state index in [1.54, 1.807) is 0 Å². The topological polar surface area (TPSA) is 91.3 Å². The van der Waals surface area contributed by atoms with Crippen LogP contribution in [0, 0.1) is 10.3 Å². The van der Waals surface area contributed by atoms with E-state index >= 15 is 0 Å². The molecular formula is C14H15NO6. The van der Waals surface area contributed by atoms with Gasteiger partial charge < -0.3 is 19.0 Å². The van der Waals surface area contributed by atoms with E-state index in [4.69, 9.17) is 9.47 Å². The molecule has 1 fully saturated rings. The Balaban J connectivity index is 2.30. The normalized spacial score (nSPS) is 15.0. The monoisotopic (exact) mass is 293 g/mol. The Kier molecular flexibility index (Phi) is 4.21. The summed E-state index contributed by atoms with van der Waals surface area (Å²) < 4.78 is 15.3. The van der Waals surface area contributed by atoms with Crippen LogP contribution in [0.1, 0.15) is 23.2 Å². The fourth-order valence-electron chi connectivity index (χ4n) is 1.85. The first-order valence-corrected chi connectivity index (χ1v) is 6.32. The van der Waals surface area contributed by atoms with Gasteiger partial charge in [0.2, 0.25) is 0 Å². The third-order valence-electron chi connectivity index (χ3n) is 3.44. The minimum absolute atomic E-state index is 0.00628. The Morgan fingerprint density at radius 1 is 1.33 bits per heavy atom.